The van der Waals surface area contributed by atoms with Crippen molar-refractivity contribution in [3.63, 3.8) is 0 Å². The van der Waals surface area contributed by atoms with E-state index in [0.29, 0.717) is 6.04 Å². The van der Waals surface area contributed by atoms with E-state index >= 15 is 0 Å². The summed E-state index contributed by atoms with van der Waals surface area (Å²) in [5.41, 5.74) is 2.65. The van der Waals surface area contributed by atoms with Crippen molar-refractivity contribution in [1.29, 1.82) is 0 Å². The molecule has 3 rings (SSSR count). The van der Waals surface area contributed by atoms with Crippen LogP contribution in [0.4, 0.5) is 0 Å². The largest absolute Gasteiger partial charge is 0.487 e. The summed E-state index contributed by atoms with van der Waals surface area (Å²) >= 11 is 0. The molecule has 2 aliphatic rings. The summed E-state index contributed by atoms with van der Waals surface area (Å²) in [6.07, 6.45) is 3.26. The lowest BCUT2D eigenvalue weighted by Gasteiger charge is -2.23. The van der Waals surface area contributed by atoms with Crippen LogP contribution in [0.5, 0.6) is 5.75 Å². The minimum Gasteiger partial charge on any atom is -0.487 e. The molecule has 1 aromatic carbocycles. The van der Waals surface area contributed by atoms with Crippen LogP contribution in [0.1, 0.15) is 37.8 Å². The van der Waals surface area contributed by atoms with Crippen LogP contribution in [0, 0.1) is 0 Å². The van der Waals surface area contributed by atoms with Gasteiger partial charge in [-0.1, -0.05) is 12.1 Å². The predicted octanol–water partition coefficient (Wildman–Crippen LogP) is 2.67. The van der Waals surface area contributed by atoms with Crippen molar-refractivity contribution in [3.05, 3.63) is 29.3 Å². The molecular weight excluding hydrogens is 238 g/mol. The summed E-state index contributed by atoms with van der Waals surface area (Å²) in [4.78, 5) is 0. The highest BCUT2D eigenvalue weighted by Crippen LogP contribution is 2.35. The Morgan fingerprint density at radius 1 is 1.26 bits per heavy atom. The molecule has 3 nitrogen and oxygen atoms in total. The van der Waals surface area contributed by atoms with Gasteiger partial charge in [-0.15, -0.1) is 0 Å². The van der Waals surface area contributed by atoms with Crippen molar-refractivity contribution >= 4 is 0 Å². The Balaban J connectivity index is 1.60. The second-order valence-electron chi connectivity index (χ2n) is 6.25. The minimum absolute atomic E-state index is 0.0465. The Hall–Kier alpha value is -1.06. The van der Waals surface area contributed by atoms with Crippen LogP contribution in [-0.4, -0.2) is 24.9 Å². The van der Waals surface area contributed by atoms with Crippen LogP contribution in [0.2, 0.25) is 0 Å². The average Bonchev–Trinajstić information content (AvgIpc) is 2.70. The smallest absolute Gasteiger partial charge is 0.123 e. The first kappa shape index (κ1) is 12.9. The summed E-state index contributed by atoms with van der Waals surface area (Å²) in [5.74, 6) is 1.06. The van der Waals surface area contributed by atoms with E-state index in [4.69, 9.17) is 9.47 Å². The molecule has 0 aliphatic carbocycles. The summed E-state index contributed by atoms with van der Waals surface area (Å²) in [7, 11) is 0. The summed E-state index contributed by atoms with van der Waals surface area (Å²) in [5, 5.41) is 3.63. The van der Waals surface area contributed by atoms with Gasteiger partial charge in [-0.05, 0) is 43.9 Å². The van der Waals surface area contributed by atoms with E-state index in [1.807, 2.05) is 0 Å². The maximum absolute atomic E-state index is 5.91. The molecule has 0 amide bonds. The molecule has 3 heteroatoms. The van der Waals surface area contributed by atoms with Crippen molar-refractivity contribution in [3.8, 4) is 5.75 Å². The molecule has 0 atom stereocenters. The van der Waals surface area contributed by atoms with Crippen molar-refractivity contribution in [2.24, 2.45) is 0 Å². The molecule has 1 saturated heterocycles. The van der Waals surface area contributed by atoms with E-state index in [9.17, 15) is 0 Å². The van der Waals surface area contributed by atoms with Gasteiger partial charge in [-0.2, -0.15) is 0 Å². The van der Waals surface area contributed by atoms with Gasteiger partial charge >= 0.3 is 0 Å². The molecule has 104 valence electrons. The minimum atomic E-state index is -0.0465. The van der Waals surface area contributed by atoms with Crippen LogP contribution >= 0.6 is 0 Å². The lowest BCUT2D eigenvalue weighted by atomic mass is 10.00. The van der Waals surface area contributed by atoms with Crippen LogP contribution in [0.25, 0.3) is 0 Å². The fraction of sp³-hybridized carbons (Fsp3) is 0.625. The molecule has 1 aromatic rings. The number of fused-ring (bicyclic) bond motifs is 1. The number of hydrogen-bond donors (Lipinski definition) is 1. The third-order valence-electron chi connectivity index (χ3n) is 3.94. The highest BCUT2D eigenvalue weighted by atomic mass is 16.5. The first-order chi connectivity index (χ1) is 9.12. The molecule has 0 unspecified atom stereocenters. The van der Waals surface area contributed by atoms with Gasteiger partial charge in [-0.25, -0.2) is 0 Å². The Morgan fingerprint density at radius 2 is 2.05 bits per heavy atom. The third kappa shape index (κ3) is 3.10. The Labute approximate surface area is 115 Å². The topological polar surface area (TPSA) is 30.5 Å². The fourth-order valence-electron chi connectivity index (χ4n) is 2.94. The lowest BCUT2D eigenvalue weighted by molar-refractivity contribution is 0.0776. The van der Waals surface area contributed by atoms with Gasteiger partial charge in [0.05, 0.1) is 0 Å². The van der Waals surface area contributed by atoms with Gasteiger partial charge in [0.15, 0.2) is 0 Å². The van der Waals surface area contributed by atoms with Crippen molar-refractivity contribution in [2.75, 3.05) is 13.2 Å². The summed E-state index contributed by atoms with van der Waals surface area (Å²) in [6, 6.07) is 7.18. The zero-order valence-electron chi connectivity index (χ0n) is 11.9. The quantitative estimate of drug-likeness (QED) is 0.907. The first-order valence-corrected chi connectivity index (χ1v) is 7.24. The first-order valence-electron chi connectivity index (χ1n) is 7.24. The second-order valence-corrected chi connectivity index (χ2v) is 6.25. The van der Waals surface area contributed by atoms with Crippen LogP contribution in [-0.2, 0) is 17.7 Å². The standard InChI is InChI=1S/C16H23NO2/c1-16(2)10-13-9-12(3-4-15(13)19-16)11-17-14-5-7-18-8-6-14/h3-4,9,14,17H,5-8,10-11H2,1-2H3. The van der Waals surface area contributed by atoms with Gasteiger partial charge in [0, 0.05) is 32.2 Å². The SMILES string of the molecule is CC1(C)Cc2cc(CNC3CCOCC3)ccc2O1. The van der Waals surface area contributed by atoms with Crippen molar-refractivity contribution < 1.29 is 9.47 Å². The van der Waals surface area contributed by atoms with Gasteiger partial charge < -0.3 is 14.8 Å². The molecule has 0 saturated carbocycles. The van der Waals surface area contributed by atoms with Gasteiger partial charge in [0.1, 0.15) is 11.4 Å². The number of benzene rings is 1. The average molecular weight is 261 g/mol. The number of ether oxygens (including phenoxy) is 2. The number of hydrogen-bond acceptors (Lipinski definition) is 3. The molecule has 0 aromatic heterocycles. The zero-order chi connectivity index (χ0) is 13.3. The van der Waals surface area contributed by atoms with E-state index in [1.54, 1.807) is 0 Å². The maximum atomic E-state index is 5.91. The van der Waals surface area contributed by atoms with E-state index in [2.05, 4.69) is 37.4 Å². The fourth-order valence-corrected chi connectivity index (χ4v) is 2.94. The van der Waals surface area contributed by atoms with E-state index in [1.165, 1.54) is 11.1 Å². The maximum Gasteiger partial charge on any atom is 0.123 e. The zero-order valence-corrected chi connectivity index (χ0v) is 11.9. The molecule has 1 N–H and O–H groups in total. The second kappa shape index (κ2) is 5.14. The Kier molecular flexibility index (Phi) is 3.50. The molecular formula is C16H23NO2. The van der Waals surface area contributed by atoms with Crippen molar-refractivity contribution in [2.45, 2.75) is 51.3 Å². The van der Waals surface area contributed by atoms with E-state index < -0.39 is 0 Å². The highest BCUT2D eigenvalue weighted by molar-refractivity contribution is 5.41. The lowest BCUT2D eigenvalue weighted by Crippen LogP contribution is -2.34. The Morgan fingerprint density at radius 3 is 2.84 bits per heavy atom. The van der Waals surface area contributed by atoms with Gasteiger partial charge in [0.2, 0.25) is 0 Å². The predicted molar refractivity (Wildman–Crippen MR) is 75.5 cm³/mol. The molecule has 2 heterocycles. The molecule has 0 spiro atoms. The van der Waals surface area contributed by atoms with Crippen molar-refractivity contribution in [1.82, 2.24) is 5.32 Å². The monoisotopic (exact) mass is 261 g/mol. The molecule has 2 aliphatic heterocycles. The van der Waals surface area contributed by atoms with E-state index in [0.717, 1.165) is 44.8 Å². The molecule has 1 fully saturated rings. The normalized spacial score (nSPS) is 22.0. The van der Waals surface area contributed by atoms with Gasteiger partial charge in [-0.3, -0.25) is 0 Å². The van der Waals surface area contributed by atoms with E-state index in [-0.39, 0.29) is 5.60 Å². The highest BCUT2D eigenvalue weighted by Gasteiger charge is 2.29. The third-order valence-corrected chi connectivity index (χ3v) is 3.94. The van der Waals surface area contributed by atoms with Crippen LogP contribution < -0.4 is 10.1 Å². The van der Waals surface area contributed by atoms with Crippen LogP contribution in [0.3, 0.4) is 0 Å². The number of rotatable bonds is 3. The Bertz CT molecular complexity index is 450. The van der Waals surface area contributed by atoms with Crippen LogP contribution in [0.15, 0.2) is 18.2 Å². The molecule has 0 radical (unpaired) electrons. The summed E-state index contributed by atoms with van der Waals surface area (Å²) < 4.78 is 11.3. The molecule has 19 heavy (non-hydrogen) atoms. The number of nitrogens with one attached hydrogen (secondary N) is 1. The summed E-state index contributed by atoms with van der Waals surface area (Å²) in [6.45, 7) is 7.02. The molecule has 0 bridgehead atoms. The van der Waals surface area contributed by atoms with Gasteiger partial charge in [0.25, 0.3) is 0 Å².